The zero-order valence-electron chi connectivity index (χ0n) is 26.1. The third-order valence-corrected chi connectivity index (χ3v) is 10.4. The average Bonchev–Trinajstić information content (AvgIpc) is 3.43. The molecule has 10 nitrogen and oxygen atoms in total. The minimum atomic E-state index is -3.97. The Labute approximate surface area is 273 Å². The third-order valence-electron chi connectivity index (χ3n) is 8.51. The summed E-state index contributed by atoms with van der Waals surface area (Å²) in [6.45, 7) is 3.03. The Morgan fingerprint density at radius 1 is 1.04 bits per heavy atom. The van der Waals surface area contributed by atoms with Crippen LogP contribution < -0.4 is 15.4 Å². The molecular weight excluding hydrogens is 630 g/mol. The van der Waals surface area contributed by atoms with Gasteiger partial charge in [0, 0.05) is 51.3 Å². The predicted molar refractivity (Wildman–Crippen MR) is 171 cm³/mol. The number of unbranched alkanes of at least 4 members (excludes halogenated alkanes) is 1. The number of sulfonamides is 1. The molecule has 0 bridgehead atoms. The van der Waals surface area contributed by atoms with E-state index in [9.17, 15) is 31.9 Å². The second-order valence-corrected chi connectivity index (χ2v) is 13.9. The molecule has 2 unspecified atom stereocenters. The molecule has 3 aromatic carbocycles. The quantitative estimate of drug-likeness (QED) is 0.254. The average molecular weight is 671 g/mol. The topological polar surface area (TPSA) is 128 Å². The van der Waals surface area contributed by atoms with Gasteiger partial charge in [-0.3, -0.25) is 9.59 Å². The molecule has 3 aromatic rings. The Morgan fingerprint density at radius 2 is 1.72 bits per heavy atom. The molecule has 3 N–H and O–H groups in total. The molecule has 2 fully saturated rings. The first-order chi connectivity index (χ1) is 22.5. The van der Waals surface area contributed by atoms with E-state index in [2.05, 4.69) is 10.6 Å². The van der Waals surface area contributed by atoms with Crippen molar-refractivity contribution in [3.05, 3.63) is 90.0 Å². The number of ether oxygens (including phenoxy) is 1. The van der Waals surface area contributed by atoms with Gasteiger partial charge in [0.05, 0.1) is 23.0 Å². The van der Waals surface area contributed by atoms with E-state index in [1.165, 1.54) is 16.4 Å². The van der Waals surface area contributed by atoms with Crippen molar-refractivity contribution in [1.29, 1.82) is 0 Å². The predicted octanol–water partition coefficient (Wildman–Crippen LogP) is 3.46. The van der Waals surface area contributed by atoms with E-state index in [1.54, 1.807) is 29.2 Å². The van der Waals surface area contributed by atoms with Gasteiger partial charge in [0.1, 0.15) is 23.1 Å². The Kier molecular flexibility index (Phi) is 11.2. The number of hydrogen-bond acceptors (Lipinski definition) is 7. The first-order valence-corrected chi connectivity index (χ1v) is 17.2. The Balaban J connectivity index is 1.30. The highest BCUT2D eigenvalue weighted by molar-refractivity contribution is 7.89. The van der Waals surface area contributed by atoms with E-state index in [0.717, 1.165) is 31.0 Å². The smallest absolute Gasteiger partial charge is 0.243 e. The fourth-order valence-corrected chi connectivity index (χ4v) is 7.45. The molecule has 0 aliphatic carbocycles. The second kappa shape index (κ2) is 15.3. The lowest BCUT2D eigenvalue weighted by molar-refractivity contribution is -0.129. The minimum Gasteiger partial charge on any atom is -0.457 e. The van der Waals surface area contributed by atoms with Gasteiger partial charge in [0.2, 0.25) is 21.8 Å². The van der Waals surface area contributed by atoms with Gasteiger partial charge >= 0.3 is 0 Å². The molecule has 252 valence electrons. The van der Waals surface area contributed by atoms with Gasteiger partial charge in [0.25, 0.3) is 0 Å². The Hall–Kier alpha value is -3.91. The molecule has 2 saturated heterocycles. The van der Waals surface area contributed by atoms with Crippen LogP contribution in [0, 0.1) is 17.6 Å². The number of rotatable bonds is 13. The van der Waals surface area contributed by atoms with Crippen LogP contribution in [-0.2, 0) is 26.0 Å². The van der Waals surface area contributed by atoms with Gasteiger partial charge in [-0.15, -0.1) is 0 Å². The van der Waals surface area contributed by atoms with Crippen LogP contribution in [0.2, 0.25) is 0 Å². The van der Waals surface area contributed by atoms with Crippen molar-refractivity contribution in [1.82, 2.24) is 19.8 Å². The van der Waals surface area contributed by atoms with Gasteiger partial charge in [-0.25, -0.2) is 17.2 Å². The first-order valence-electron chi connectivity index (χ1n) is 15.8. The zero-order valence-corrected chi connectivity index (χ0v) is 27.0. The van der Waals surface area contributed by atoms with Crippen LogP contribution in [0.25, 0.3) is 0 Å². The number of piperazine rings is 1. The van der Waals surface area contributed by atoms with Crippen LogP contribution in [-0.4, -0.2) is 85.5 Å². The number of amides is 2. The zero-order chi connectivity index (χ0) is 33.6. The summed E-state index contributed by atoms with van der Waals surface area (Å²) < 4.78 is 62.5. The lowest BCUT2D eigenvalue weighted by Crippen LogP contribution is -2.62. The summed E-state index contributed by atoms with van der Waals surface area (Å²) >= 11 is 0. The number of aliphatic hydroxyl groups is 1. The summed E-state index contributed by atoms with van der Waals surface area (Å²) in [6, 6.07) is 16.2. The lowest BCUT2D eigenvalue weighted by atomic mass is 9.94. The summed E-state index contributed by atoms with van der Waals surface area (Å²) in [5.74, 6) is -1.77. The molecule has 2 amide bonds. The summed E-state index contributed by atoms with van der Waals surface area (Å²) in [5.41, 5.74) is 0.206. The van der Waals surface area contributed by atoms with Crippen LogP contribution in [0.15, 0.2) is 77.7 Å². The van der Waals surface area contributed by atoms with Crippen LogP contribution >= 0.6 is 0 Å². The molecule has 0 radical (unpaired) electrons. The molecule has 13 heteroatoms. The van der Waals surface area contributed by atoms with Gasteiger partial charge in [-0.1, -0.05) is 31.5 Å². The number of carbonyl (C=O) groups is 2. The van der Waals surface area contributed by atoms with Crippen molar-refractivity contribution in [3.8, 4) is 11.5 Å². The number of benzene rings is 3. The minimum absolute atomic E-state index is 0.0236. The van der Waals surface area contributed by atoms with Crippen LogP contribution in [0.5, 0.6) is 11.5 Å². The lowest BCUT2D eigenvalue weighted by Gasteiger charge is -2.38. The molecule has 2 heterocycles. The normalized spacial score (nSPS) is 20.2. The van der Waals surface area contributed by atoms with Crippen molar-refractivity contribution in [2.24, 2.45) is 5.92 Å². The number of hydrogen-bond donors (Lipinski definition) is 3. The van der Waals surface area contributed by atoms with Crippen LogP contribution in [0.4, 0.5) is 8.78 Å². The van der Waals surface area contributed by atoms with Crippen LogP contribution in [0.1, 0.15) is 31.7 Å². The number of nitrogens with zero attached hydrogens (tertiary/aromatic N) is 2. The number of aliphatic hydroxyl groups excluding tert-OH is 1. The third kappa shape index (κ3) is 8.72. The maximum atomic E-state index is 14.1. The van der Waals surface area contributed by atoms with E-state index in [1.807, 2.05) is 25.1 Å². The maximum absolute atomic E-state index is 14.1. The van der Waals surface area contributed by atoms with Crippen molar-refractivity contribution < 1.29 is 36.6 Å². The molecule has 5 rings (SSSR count). The number of para-hydroxylation sites is 1. The standard InChI is InChI=1S/C34H40F2N4O6S/c1-2-3-14-39-21-24(19-32(39)41)34(43)38-30(18-23-16-25(35)20-26(36)17-23)33(42)31-22-40(15-13-37-31)47(44,45)29-11-9-28(10-12-29)46-27-7-5-4-6-8-27/h4-12,16-17,20,24,30-31,33,37,42H,2-3,13-15,18-19,21-22H2,1H3,(H,38,43)/t24?,30?,31-,33+/m1/s1. The molecule has 4 atom stereocenters. The highest BCUT2D eigenvalue weighted by Crippen LogP contribution is 2.26. The largest absolute Gasteiger partial charge is 0.457 e. The monoisotopic (exact) mass is 670 g/mol. The van der Waals surface area contributed by atoms with Crippen molar-refractivity contribution in [3.63, 3.8) is 0 Å². The molecule has 47 heavy (non-hydrogen) atoms. The fraction of sp³-hybridized carbons (Fsp3) is 0.412. The SMILES string of the molecule is CCCCN1CC(C(=O)NC(Cc2cc(F)cc(F)c2)[C@H](O)[C@H]2CN(S(=O)(=O)c3ccc(Oc4ccccc4)cc3)CCN2)CC1=O. The molecule has 0 saturated carbocycles. The Morgan fingerprint density at radius 3 is 2.40 bits per heavy atom. The summed E-state index contributed by atoms with van der Waals surface area (Å²) in [4.78, 5) is 27.6. The van der Waals surface area contributed by atoms with Crippen molar-refractivity contribution >= 4 is 21.8 Å². The van der Waals surface area contributed by atoms with E-state index in [4.69, 9.17) is 4.74 Å². The van der Waals surface area contributed by atoms with E-state index in [0.29, 0.717) is 18.0 Å². The number of nitrogens with one attached hydrogen (secondary N) is 2. The molecular formula is C34H40F2N4O6S. The highest BCUT2D eigenvalue weighted by Gasteiger charge is 2.39. The number of carbonyl (C=O) groups excluding carboxylic acids is 2. The van der Waals surface area contributed by atoms with Gasteiger partial charge in [0.15, 0.2) is 0 Å². The summed E-state index contributed by atoms with van der Waals surface area (Å²) in [6.07, 6.45) is 0.253. The Bertz CT molecular complexity index is 1620. The highest BCUT2D eigenvalue weighted by atomic mass is 32.2. The van der Waals surface area contributed by atoms with Crippen molar-refractivity contribution in [2.75, 3.05) is 32.7 Å². The van der Waals surface area contributed by atoms with E-state index in [-0.39, 0.29) is 55.4 Å². The van der Waals surface area contributed by atoms with Crippen molar-refractivity contribution in [2.45, 2.75) is 55.7 Å². The van der Waals surface area contributed by atoms with Gasteiger partial charge in [-0.2, -0.15) is 4.31 Å². The maximum Gasteiger partial charge on any atom is 0.243 e. The van der Waals surface area contributed by atoms with Gasteiger partial charge < -0.3 is 25.4 Å². The molecule has 0 aromatic heterocycles. The molecule has 2 aliphatic rings. The first kappa shape index (κ1) is 34.4. The van der Waals surface area contributed by atoms with Crippen LogP contribution in [0.3, 0.4) is 0 Å². The van der Waals surface area contributed by atoms with E-state index < -0.39 is 51.7 Å². The summed E-state index contributed by atoms with van der Waals surface area (Å²) in [5, 5.41) is 17.6. The molecule has 2 aliphatic heterocycles. The second-order valence-electron chi connectivity index (χ2n) is 12.0. The number of halogens is 2. The van der Waals surface area contributed by atoms with Gasteiger partial charge in [-0.05, 0) is 66.9 Å². The summed E-state index contributed by atoms with van der Waals surface area (Å²) in [7, 11) is -3.97. The van der Waals surface area contributed by atoms with E-state index >= 15 is 0 Å². The number of likely N-dealkylation sites (tertiary alicyclic amines) is 1. The fourth-order valence-electron chi connectivity index (χ4n) is 5.98. The molecule has 0 spiro atoms.